The van der Waals surface area contributed by atoms with E-state index in [9.17, 15) is 9.90 Å². The zero-order valence-electron chi connectivity index (χ0n) is 16.7. The molecule has 1 unspecified atom stereocenters. The Morgan fingerprint density at radius 2 is 1.74 bits per heavy atom. The number of aliphatic hydroxyl groups is 1. The van der Waals surface area contributed by atoms with E-state index in [1.165, 1.54) is 0 Å². The number of aliphatic hydroxyl groups excluding tert-OH is 1. The number of aromatic nitrogens is 1. The normalized spacial score (nSPS) is 12.5. The number of ether oxygens (including phenoxy) is 2. The summed E-state index contributed by atoms with van der Waals surface area (Å²) in [7, 11) is 0. The number of benzene rings is 3. The van der Waals surface area contributed by atoms with Gasteiger partial charge in [0.15, 0.2) is 0 Å². The highest BCUT2D eigenvalue weighted by atomic mass is 16.5. The monoisotopic (exact) mass is 415 g/mol. The molecule has 0 fully saturated rings. The lowest BCUT2D eigenvalue weighted by atomic mass is 10.1. The molecule has 0 saturated carbocycles. The fraction of sp³-hybridized carbons (Fsp3) is 0.160. The van der Waals surface area contributed by atoms with Crippen molar-refractivity contribution in [3.05, 3.63) is 88.7 Å². The second kappa shape index (κ2) is 8.26. The van der Waals surface area contributed by atoms with Gasteiger partial charge in [-0.3, -0.25) is 4.79 Å². The van der Waals surface area contributed by atoms with Crippen molar-refractivity contribution in [2.45, 2.75) is 12.7 Å². The molecule has 0 aliphatic rings. The lowest BCUT2D eigenvalue weighted by Gasteiger charge is -2.13. The number of nitrogens with one attached hydrogen (secondary N) is 1. The predicted molar refractivity (Wildman–Crippen MR) is 119 cm³/mol. The van der Waals surface area contributed by atoms with E-state index in [0.717, 1.165) is 16.3 Å². The van der Waals surface area contributed by atoms with Gasteiger partial charge in [-0.1, -0.05) is 48.5 Å². The summed E-state index contributed by atoms with van der Waals surface area (Å²) >= 11 is 0. The van der Waals surface area contributed by atoms with Crippen LogP contribution in [-0.2, 0) is 11.3 Å². The molecule has 3 aromatic carbocycles. The third-order valence-corrected chi connectivity index (χ3v) is 5.17. The van der Waals surface area contributed by atoms with Gasteiger partial charge in [0.25, 0.3) is 5.56 Å². The van der Waals surface area contributed by atoms with E-state index in [0.29, 0.717) is 34.4 Å². The van der Waals surface area contributed by atoms with Crippen LogP contribution in [0.3, 0.4) is 0 Å². The van der Waals surface area contributed by atoms with Gasteiger partial charge in [0.1, 0.15) is 29.6 Å². The van der Waals surface area contributed by atoms with E-state index in [4.69, 9.17) is 13.9 Å². The minimum atomic E-state index is -0.767. The third-order valence-electron chi connectivity index (χ3n) is 5.17. The number of H-pyrrole nitrogens is 1. The summed E-state index contributed by atoms with van der Waals surface area (Å²) in [4.78, 5) is 15.6. The molecule has 0 bridgehead atoms. The van der Waals surface area contributed by atoms with Gasteiger partial charge in [0.2, 0.25) is 0 Å². The summed E-state index contributed by atoms with van der Waals surface area (Å²) in [5, 5.41) is 12.3. The first-order valence-corrected chi connectivity index (χ1v) is 10.1. The van der Waals surface area contributed by atoms with Gasteiger partial charge in [-0.2, -0.15) is 0 Å². The van der Waals surface area contributed by atoms with Gasteiger partial charge in [-0.05, 0) is 23.8 Å². The number of hydrogen-bond acceptors (Lipinski definition) is 5. The molecule has 0 radical (unpaired) electrons. The Labute approximate surface area is 177 Å². The second-order valence-corrected chi connectivity index (χ2v) is 7.43. The zero-order valence-corrected chi connectivity index (χ0v) is 16.7. The number of rotatable bonds is 7. The van der Waals surface area contributed by atoms with Gasteiger partial charge in [0.05, 0.1) is 24.1 Å². The molecule has 0 amide bonds. The van der Waals surface area contributed by atoms with E-state index in [2.05, 4.69) is 4.98 Å². The highest BCUT2D eigenvalue weighted by Gasteiger charge is 2.14. The summed E-state index contributed by atoms with van der Waals surface area (Å²) in [6.45, 7) is 0.680. The van der Waals surface area contributed by atoms with E-state index in [1.807, 2.05) is 60.7 Å². The smallest absolute Gasteiger partial charge is 0.260 e. The number of pyridine rings is 1. The van der Waals surface area contributed by atoms with Crippen LogP contribution in [0.2, 0.25) is 0 Å². The van der Waals surface area contributed by atoms with E-state index >= 15 is 0 Å². The summed E-state index contributed by atoms with van der Waals surface area (Å²) in [6.07, 6.45) is -0.767. The minimum Gasteiger partial charge on any atom is -0.491 e. The van der Waals surface area contributed by atoms with Crippen LogP contribution in [0.1, 0.15) is 5.56 Å². The van der Waals surface area contributed by atoms with Gasteiger partial charge in [0, 0.05) is 16.8 Å². The van der Waals surface area contributed by atoms with Crippen LogP contribution in [0.4, 0.5) is 0 Å². The first kappa shape index (κ1) is 19.4. The third kappa shape index (κ3) is 3.91. The van der Waals surface area contributed by atoms with Crippen molar-refractivity contribution < 1.29 is 19.0 Å². The maximum Gasteiger partial charge on any atom is 0.260 e. The van der Waals surface area contributed by atoms with Crippen LogP contribution in [0.5, 0.6) is 5.75 Å². The molecule has 0 spiro atoms. The molecule has 0 aliphatic carbocycles. The summed E-state index contributed by atoms with van der Waals surface area (Å²) in [5.41, 5.74) is 2.68. The van der Waals surface area contributed by atoms with Crippen LogP contribution in [-0.4, -0.2) is 29.4 Å². The Hall–Kier alpha value is -3.61. The number of aromatic amines is 1. The molecule has 31 heavy (non-hydrogen) atoms. The van der Waals surface area contributed by atoms with Gasteiger partial charge >= 0.3 is 0 Å². The zero-order chi connectivity index (χ0) is 21.2. The van der Waals surface area contributed by atoms with Crippen molar-refractivity contribution in [2.75, 3.05) is 13.2 Å². The van der Waals surface area contributed by atoms with Crippen molar-refractivity contribution in [1.82, 2.24) is 4.98 Å². The summed E-state index contributed by atoms with van der Waals surface area (Å²) in [5.74, 6) is 0.542. The first-order chi connectivity index (χ1) is 15.2. The fourth-order valence-corrected chi connectivity index (χ4v) is 3.69. The van der Waals surface area contributed by atoms with Crippen LogP contribution >= 0.6 is 0 Å². The Morgan fingerprint density at radius 1 is 0.935 bits per heavy atom. The fourth-order valence-electron chi connectivity index (χ4n) is 3.69. The Bertz CT molecular complexity index is 1400. The number of para-hydroxylation sites is 1. The van der Waals surface area contributed by atoms with Crippen LogP contribution in [0.15, 0.2) is 82.0 Å². The largest absolute Gasteiger partial charge is 0.491 e. The molecule has 5 aromatic rings. The molecule has 6 nitrogen and oxygen atoms in total. The summed E-state index contributed by atoms with van der Waals surface area (Å²) < 4.78 is 17.2. The molecule has 2 N–H and O–H groups in total. The molecule has 2 aromatic heterocycles. The van der Waals surface area contributed by atoms with Crippen molar-refractivity contribution in [3.63, 3.8) is 0 Å². The van der Waals surface area contributed by atoms with Crippen LogP contribution < -0.4 is 10.3 Å². The molecular weight excluding hydrogens is 394 g/mol. The maximum absolute atomic E-state index is 12.7. The van der Waals surface area contributed by atoms with Gasteiger partial charge < -0.3 is 24.0 Å². The summed E-state index contributed by atoms with van der Waals surface area (Å²) in [6, 6.07) is 22.6. The maximum atomic E-state index is 12.7. The van der Waals surface area contributed by atoms with Crippen molar-refractivity contribution in [3.8, 4) is 5.75 Å². The highest BCUT2D eigenvalue weighted by molar-refractivity contribution is 6.13. The van der Waals surface area contributed by atoms with Crippen LogP contribution in [0.25, 0.3) is 32.8 Å². The molecule has 0 saturated heterocycles. The topological polar surface area (TPSA) is 84.7 Å². The van der Waals surface area contributed by atoms with E-state index in [1.54, 1.807) is 12.1 Å². The average Bonchev–Trinajstić information content (AvgIpc) is 3.19. The van der Waals surface area contributed by atoms with Gasteiger partial charge in [-0.25, -0.2) is 0 Å². The van der Waals surface area contributed by atoms with Gasteiger partial charge in [-0.15, -0.1) is 0 Å². The van der Waals surface area contributed by atoms with Crippen LogP contribution in [0, 0.1) is 0 Å². The number of furan rings is 1. The van der Waals surface area contributed by atoms with E-state index < -0.39 is 6.10 Å². The highest BCUT2D eigenvalue weighted by Crippen LogP contribution is 2.31. The van der Waals surface area contributed by atoms with Crippen molar-refractivity contribution in [1.29, 1.82) is 0 Å². The number of hydrogen-bond donors (Lipinski definition) is 2. The predicted octanol–water partition coefficient (Wildman–Crippen LogP) is 4.38. The minimum absolute atomic E-state index is 0.0808. The molecule has 0 aliphatic heterocycles. The second-order valence-electron chi connectivity index (χ2n) is 7.43. The molecule has 6 heteroatoms. The Kier molecular flexibility index (Phi) is 5.16. The molecular formula is C25H21NO5. The molecule has 5 rings (SSSR count). The molecule has 2 heterocycles. The Balaban J connectivity index is 1.30. The lowest BCUT2D eigenvalue weighted by molar-refractivity contribution is 0.00551. The quantitative estimate of drug-likeness (QED) is 0.412. The Morgan fingerprint density at radius 3 is 2.61 bits per heavy atom. The standard InChI is InChI=1S/C25H21NO5/c27-17(14-29-13-16-6-2-1-3-7-16)15-30-18-10-11-19-21(12-18)26-25(28)23-20-8-4-5-9-22(20)31-24(19)23/h1-12,17,27H,13-15H2,(H,26,28). The van der Waals surface area contributed by atoms with Crippen molar-refractivity contribution in [2.24, 2.45) is 0 Å². The molecule has 156 valence electrons. The molecule has 1 atom stereocenters. The number of fused-ring (bicyclic) bond motifs is 5. The van der Waals surface area contributed by atoms with Crippen molar-refractivity contribution >= 4 is 32.8 Å². The average molecular weight is 415 g/mol. The first-order valence-electron chi connectivity index (χ1n) is 10.1. The van der Waals surface area contributed by atoms with E-state index in [-0.39, 0.29) is 18.8 Å². The lowest BCUT2D eigenvalue weighted by Crippen LogP contribution is -2.23. The SMILES string of the molecule is O=c1[nH]c2cc(OCC(O)COCc3ccccc3)ccc2c2oc3ccccc3c12.